The van der Waals surface area contributed by atoms with Crippen LogP contribution in [0.1, 0.15) is 28.9 Å². The first-order valence-corrected chi connectivity index (χ1v) is 6.98. The van der Waals surface area contributed by atoms with Crippen LogP contribution >= 0.6 is 15.9 Å². The number of rotatable bonds is 3. The monoisotopic (exact) mass is 333 g/mol. The first-order valence-electron chi connectivity index (χ1n) is 6.19. The van der Waals surface area contributed by atoms with E-state index < -0.39 is 0 Å². The van der Waals surface area contributed by atoms with E-state index >= 15 is 0 Å². The number of carbonyl (C=O) groups excluding carboxylic acids is 1. The largest absolute Gasteiger partial charge is 0.399 e. The minimum atomic E-state index is -0.217. The SMILES string of the molecule is CC(NC(=O)c1ccc(N)cc1N)c1ccccc1Br. The molecule has 104 valence electrons. The zero-order chi connectivity index (χ0) is 14.7. The Hall–Kier alpha value is -2.01. The molecule has 0 aliphatic rings. The van der Waals surface area contributed by atoms with Gasteiger partial charge in [0.2, 0.25) is 0 Å². The van der Waals surface area contributed by atoms with Crippen LogP contribution in [0.3, 0.4) is 0 Å². The minimum Gasteiger partial charge on any atom is -0.399 e. The molecule has 2 aromatic carbocycles. The van der Waals surface area contributed by atoms with Gasteiger partial charge in [0.1, 0.15) is 0 Å². The Kier molecular flexibility index (Phi) is 4.29. The number of nitrogen functional groups attached to an aromatic ring is 2. The van der Waals surface area contributed by atoms with Crippen LogP contribution < -0.4 is 16.8 Å². The minimum absolute atomic E-state index is 0.130. The van der Waals surface area contributed by atoms with Crippen molar-refractivity contribution >= 4 is 33.2 Å². The fourth-order valence-corrected chi connectivity index (χ4v) is 2.59. The van der Waals surface area contributed by atoms with E-state index in [1.807, 2.05) is 31.2 Å². The summed E-state index contributed by atoms with van der Waals surface area (Å²) in [5, 5.41) is 2.92. The Bertz CT molecular complexity index is 643. The number of hydrogen-bond donors (Lipinski definition) is 3. The van der Waals surface area contributed by atoms with E-state index in [9.17, 15) is 4.79 Å². The second-order valence-electron chi connectivity index (χ2n) is 4.56. The predicted molar refractivity (Wildman–Crippen MR) is 85.3 cm³/mol. The molecule has 5 N–H and O–H groups in total. The van der Waals surface area contributed by atoms with Crippen LogP contribution in [0.4, 0.5) is 11.4 Å². The summed E-state index contributed by atoms with van der Waals surface area (Å²) < 4.78 is 0.957. The molecule has 2 rings (SSSR count). The fourth-order valence-electron chi connectivity index (χ4n) is 1.97. The van der Waals surface area contributed by atoms with Crippen LogP contribution in [0, 0.1) is 0 Å². The third kappa shape index (κ3) is 3.11. The Labute approximate surface area is 126 Å². The number of carbonyl (C=O) groups is 1. The van der Waals surface area contributed by atoms with Gasteiger partial charge in [0.25, 0.3) is 5.91 Å². The highest BCUT2D eigenvalue weighted by Gasteiger charge is 2.15. The number of amides is 1. The van der Waals surface area contributed by atoms with Crippen molar-refractivity contribution in [3.05, 3.63) is 58.1 Å². The highest BCUT2D eigenvalue weighted by Crippen LogP contribution is 2.23. The van der Waals surface area contributed by atoms with Crippen molar-refractivity contribution in [2.75, 3.05) is 11.5 Å². The molecule has 0 saturated heterocycles. The lowest BCUT2D eigenvalue weighted by Crippen LogP contribution is -2.27. The van der Waals surface area contributed by atoms with Crippen LogP contribution in [0.25, 0.3) is 0 Å². The van der Waals surface area contributed by atoms with Gasteiger partial charge in [-0.3, -0.25) is 4.79 Å². The molecule has 2 aromatic rings. The van der Waals surface area contributed by atoms with Gasteiger partial charge in [0, 0.05) is 15.8 Å². The molecule has 5 heteroatoms. The summed E-state index contributed by atoms with van der Waals surface area (Å²) in [4.78, 5) is 12.2. The lowest BCUT2D eigenvalue weighted by molar-refractivity contribution is 0.0940. The summed E-state index contributed by atoms with van der Waals surface area (Å²) in [6.45, 7) is 1.92. The molecule has 0 spiro atoms. The molecule has 0 bridgehead atoms. The quantitative estimate of drug-likeness (QED) is 0.755. The number of nitrogens with two attached hydrogens (primary N) is 2. The van der Waals surface area contributed by atoms with E-state index in [4.69, 9.17) is 11.5 Å². The normalized spacial score (nSPS) is 11.9. The second kappa shape index (κ2) is 5.96. The average molecular weight is 334 g/mol. The van der Waals surface area contributed by atoms with Gasteiger partial charge in [0.15, 0.2) is 0 Å². The van der Waals surface area contributed by atoms with Gasteiger partial charge in [-0.15, -0.1) is 0 Å². The first-order chi connectivity index (χ1) is 9.49. The smallest absolute Gasteiger partial charge is 0.253 e. The number of benzene rings is 2. The summed E-state index contributed by atoms with van der Waals surface area (Å²) in [6.07, 6.45) is 0. The van der Waals surface area contributed by atoms with Crippen LogP contribution in [0.5, 0.6) is 0 Å². The maximum Gasteiger partial charge on any atom is 0.253 e. The van der Waals surface area contributed by atoms with Crippen molar-refractivity contribution in [1.29, 1.82) is 0 Å². The molecule has 4 nitrogen and oxygen atoms in total. The van der Waals surface area contributed by atoms with Gasteiger partial charge in [-0.1, -0.05) is 34.1 Å². The summed E-state index contributed by atoms with van der Waals surface area (Å²) in [5.74, 6) is -0.217. The third-order valence-electron chi connectivity index (χ3n) is 3.04. The fraction of sp³-hybridized carbons (Fsp3) is 0.133. The van der Waals surface area contributed by atoms with Crippen molar-refractivity contribution in [2.45, 2.75) is 13.0 Å². The van der Waals surface area contributed by atoms with Gasteiger partial charge < -0.3 is 16.8 Å². The van der Waals surface area contributed by atoms with E-state index in [1.54, 1.807) is 18.2 Å². The molecule has 1 amide bonds. The van der Waals surface area contributed by atoms with E-state index in [-0.39, 0.29) is 11.9 Å². The van der Waals surface area contributed by atoms with Crippen molar-refractivity contribution < 1.29 is 4.79 Å². The standard InChI is InChI=1S/C15H16BrN3O/c1-9(11-4-2-3-5-13(11)16)19-15(20)12-7-6-10(17)8-14(12)18/h2-9H,17-18H2,1H3,(H,19,20). The lowest BCUT2D eigenvalue weighted by Gasteiger charge is -2.16. The first kappa shape index (κ1) is 14.4. The lowest BCUT2D eigenvalue weighted by atomic mass is 10.1. The van der Waals surface area contributed by atoms with Crippen molar-refractivity contribution in [1.82, 2.24) is 5.32 Å². The summed E-state index contributed by atoms with van der Waals surface area (Å²) in [7, 11) is 0. The van der Waals surface area contributed by atoms with Gasteiger partial charge in [0.05, 0.1) is 11.6 Å². The topological polar surface area (TPSA) is 81.1 Å². The molecule has 0 aliphatic carbocycles. The molecule has 20 heavy (non-hydrogen) atoms. The highest BCUT2D eigenvalue weighted by atomic mass is 79.9. The molecule has 1 unspecified atom stereocenters. The molecule has 0 aromatic heterocycles. The van der Waals surface area contributed by atoms with Crippen LogP contribution in [0.15, 0.2) is 46.9 Å². The summed E-state index contributed by atoms with van der Waals surface area (Å²) in [6, 6.07) is 12.5. The van der Waals surface area contributed by atoms with Crippen molar-refractivity contribution in [3.8, 4) is 0 Å². The van der Waals surface area contributed by atoms with Crippen molar-refractivity contribution in [3.63, 3.8) is 0 Å². The highest BCUT2D eigenvalue weighted by molar-refractivity contribution is 9.10. The molecular formula is C15H16BrN3O. The van der Waals surface area contributed by atoms with Gasteiger partial charge in [-0.25, -0.2) is 0 Å². The average Bonchev–Trinajstić information content (AvgIpc) is 2.38. The molecule has 0 saturated carbocycles. The molecule has 0 aliphatic heterocycles. The molecule has 0 radical (unpaired) electrons. The van der Waals surface area contributed by atoms with Gasteiger partial charge in [-0.05, 0) is 36.8 Å². The third-order valence-corrected chi connectivity index (χ3v) is 3.76. The van der Waals surface area contributed by atoms with Gasteiger partial charge in [-0.2, -0.15) is 0 Å². The van der Waals surface area contributed by atoms with E-state index in [0.29, 0.717) is 16.9 Å². The summed E-state index contributed by atoms with van der Waals surface area (Å²) in [5.41, 5.74) is 13.8. The van der Waals surface area contributed by atoms with Crippen molar-refractivity contribution in [2.24, 2.45) is 0 Å². The van der Waals surface area contributed by atoms with E-state index in [0.717, 1.165) is 10.0 Å². The maximum absolute atomic E-state index is 12.2. The number of halogens is 1. The Balaban J connectivity index is 2.17. The zero-order valence-corrected chi connectivity index (χ0v) is 12.6. The maximum atomic E-state index is 12.2. The number of hydrogen-bond acceptors (Lipinski definition) is 3. The van der Waals surface area contributed by atoms with Crippen LogP contribution in [0.2, 0.25) is 0 Å². The Morgan fingerprint density at radius 3 is 2.55 bits per heavy atom. The van der Waals surface area contributed by atoms with Crippen LogP contribution in [-0.2, 0) is 0 Å². The second-order valence-corrected chi connectivity index (χ2v) is 5.42. The molecule has 0 heterocycles. The summed E-state index contributed by atoms with van der Waals surface area (Å²) >= 11 is 3.47. The van der Waals surface area contributed by atoms with E-state index in [2.05, 4.69) is 21.2 Å². The Morgan fingerprint density at radius 1 is 1.20 bits per heavy atom. The number of anilines is 2. The predicted octanol–water partition coefficient (Wildman–Crippen LogP) is 3.10. The van der Waals surface area contributed by atoms with E-state index in [1.165, 1.54) is 0 Å². The molecule has 1 atom stereocenters. The Morgan fingerprint density at radius 2 is 1.90 bits per heavy atom. The number of nitrogens with one attached hydrogen (secondary N) is 1. The molecular weight excluding hydrogens is 318 g/mol. The zero-order valence-electron chi connectivity index (χ0n) is 11.1. The van der Waals surface area contributed by atoms with Gasteiger partial charge >= 0.3 is 0 Å². The molecule has 0 fully saturated rings. The van der Waals surface area contributed by atoms with Crippen LogP contribution in [-0.4, -0.2) is 5.91 Å².